The minimum atomic E-state index is -0.224. The molecule has 0 bridgehead atoms. The van der Waals surface area contributed by atoms with Gasteiger partial charge in [0, 0.05) is 55.2 Å². The molecule has 3 aromatic rings. The van der Waals surface area contributed by atoms with Crippen LogP contribution >= 0.6 is 0 Å². The fourth-order valence-electron chi connectivity index (χ4n) is 4.59. The molecule has 0 radical (unpaired) electrons. The first kappa shape index (κ1) is 24.4. The Labute approximate surface area is 212 Å². The number of nitrogens with one attached hydrogen (secondary N) is 2. The highest BCUT2D eigenvalue weighted by molar-refractivity contribution is 6.06. The molecule has 5 rings (SSSR count). The van der Waals surface area contributed by atoms with Crippen molar-refractivity contribution in [2.45, 2.75) is 26.3 Å². The number of aromatic amines is 1. The van der Waals surface area contributed by atoms with Gasteiger partial charge in [0.05, 0.1) is 18.7 Å². The summed E-state index contributed by atoms with van der Waals surface area (Å²) < 4.78 is 5.46. The standard InChI is InChI=1S/C28H34N6O2/c1-2-24(6-3-4-9-33-10-5-11-33)30-28(35)27-25-17-22(7-8-26(25)31-32-27)23-16-21(18-29-19-23)20-34-12-14-36-15-13-34/h2-3,6-8,16-19H,4-5,9-15,20H2,1H3,(H,30,35)(H,31,32)/b6-3-,24-2+. The second kappa shape index (κ2) is 11.6. The molecule has 0 saturated carbocycles. The number of hydrogen-bond acceptors (Lipinski definition) is 6. The van der Waals surface area contributed by atoms with E-state index in [9.17, 15) is 4.79 Å². The van der Waals surface area contributed by atoms with Gasteiger partial charge < -0.3 is 15.0 Å². The van der Waals surface area contributed by atoms with Crippen LogP contribution in [0.4, 0.5) is 0 Å². The first-order valence-electron chi connectivity index (χ1n) is 12.8. The minimum Gasteiger partial charge on any atom is -0.379 e. The van der Waals surface area contributed by atoms with E-state index in [1.807, 2.05) is 49.7 Å². The topological polar surface area (TPSA) is 86.4 Å². The normalized spacial score (nSPS) is 17.5. The third kappa shape index (κ3) is 5.90. The van der Waals surface area contributed by atoms with E-state index in [1.54, 1.807) is 0 Å². The number of amides is 1. The number of H-pyrrole nitrogens is 1. The van der Waals surface area contributed by atoms with Crippen molar-refractivity contribution in [3.63, 3.8) is 0 Å². The molecule has 2 aliphatic heterocycles. The Balaban J connectivity index is 1.29. The number of carbonyl (C=O) groups is 1. The van der Waals surface area contributed by atoms with E-state index < -0.39 is 0 Å². The van der Waals surface area contributed by atoms with Crippen LogP contribution in [0, 0.1) is 0 Å². The molecule has 2 fully saturated rings. The molecule has 2 aromatic heterocycles. The van der Waals surface area contributed by atoms with Crippen LogP contribution in [0.25, 0.3) is 22.0 Å². The van der Waals surface area contributed by atoms with E-state index in [2.05, 4.69) is 42.4 Å². The van der Waals surface area contributed by atoms with Crippen molar-refractivity contribution in [3.05, 3.63) is 71.8 Å². The van der Waals surface area contributed by atoms with Crippen LogP contribution in [0.1, 0.15) is 35.8 Å². The lowest BCUT2D eigenvalue weighted by molar-refractivity contribution is 0.0341. The zero-order valence-electron chi connectivity index (χ0n) is 20.9. The van der Waals surface area contributed by atoms with E-state index in [-0.39, 0.29) is 5.91 Å². The van der Waals surface area contributed by atoms with E-state index in [4.69, 9.17) is 4.74 Å². The molecule has 0 spiro atoms. The molecular formula is C28H34N6O2. The summed E-state index contributed by atoms with van der Waals surface area (Å²) in [5.41, 5.74) is 5.18. The number of hydrogen-bond donors (Lipinski definition) is 2. The smallest absolute Gasteiger partial charge is 0.276 e. The molecule has 8 nitrogen and oxygen atoms in total. The predicted molar refractivity (Wildman–Crippen MR) is 141 cm³/mol. The first-order chi connectivity index (χ1) is 17.7. The van der Waals surface area contributed by atoms with Gasteiger partial charge in [0.1, 0.15) is 0 Å². The maximum atomic E-state index is 13.1. The molecule has 2 aliphatic rings. The van der Waals surface area contributed by atoms with Crippen molar-refractivity contribution in [3.8, 4) is 11.1 Å². The van der Waals surface area contributed by atoms with Gasteiger partial charge in [-0.25, -0.2) is 0 Å². The van der Waals surface area contributed by atoms with Gasteiger partial charge in [0.2, 0.25) is 0 Å². The Hall–Kier alpha value is -3.33. The molecule has 1 aromatic carbocycles. The lowest BCUT2D eigenvalue weighted by atomic mass is 10.0. The molecule has 188 valence electrons. The first-order valence-corrected chi connectivity index (χ1v) is 12.8. The Morgan fingerprint density at radius 2 is 1.97 bits per heavy atom. The number of fused-ring (bicyclic) bond motifs is 1. The number of aromatic nitrogens is 3. The van der Waals surface area contributed by atoms with Crippen molar-refractivity contribution in [2.24, 2.45) is 0 Å². The highest BCUT2D eigenvalue weighted by Crippen LogP contribution is 2.26. The predicted octanol–water partition coefficient (Wildman–Crippen LogP) is 3.74. The Morgan fingerprint density at radius 1 is 1.11 bits per heavy atom. The van der Waals surface area contributed by atoms with E-state index in [1.165, 1.54) is 25.1 Å². The van der Waals surface area contributed by atoms with Gasteiger partial charge in [0.15, 0.2) is 5.69 Å². The minimum absolute atomic E-state index is 0.224. The van der Waals surface area contributed by atoms with E-state index in [0.29, 0.717) is 5.69 Å². The van der Waals surface area contributed by atoms with Crippen LogP contribution in [0.3, 0.4) is 0 Å². The largest absolute Gasteiger partial charge is 0.379 e. The van der Waals surface area contributed by atoms with Crippen LogP contribution in [0.5, 0.6) is 0 Å². The molecule has 0 aliphatic carbocycles. The highest BCUT2D eigenvalue weighted by Gasteiger charge is 2.17. The molecule has 1 amide bonds. The number of carbonyl (C=O) groups excluding carboxylic acids is 1. The van der Waals surface area contributed by atoms with Gasteiger partial charge in [0.25, 0.3) is 5.91 Å². The summed E-state index contributed by atoms with van der Waals surface area (Å²) in [6.45, 7) is 9.66. The summed E-state index contributed by atoms with van der Waals surface area (Å²) in [7, 11) is 0. The Kier molecular flexibility index (Phi) is 7.85. The molecule has 2 N–H and O–H groups in total. The quantitative estimate of drug-likeness (QED) is 0.448. The SMILES string of the molecule is C/C=C(\C=C/CCN1CCC1)NC(=O)c1n[nH]c2ccc(-c3cncc(CN4CCOCC4)c3)cc12. The Morgan fingerprint density at radius 3 is 2.75 bits per heavy atom. The van der Waals surface area contributed by atoms with Crippen molar-refractivity contribution < 1.29 is 9.53 Å². The molecular weight excluding hydrogens is 452 g/mol. The summed E-state index contributed by atoms with van der Waals surface area (Å²) in [4.78, 5) is 22.4. The van der Waals surface area contributed by atoms with Crippen LogP contribution in [-0.2, 0) is 11.3 Å². The average molecular weight is 487 g/mol. The second-order valence-electron chi connectivity index (χ2n) is 9.39. The van der Waals surface area contributed by atoms with Crippen LogP contribution in [0.2, 0.25) is 0 Å². The number of nitrogens with zero attached hydrogens (tertiary/aromatic N) is 4. The van der Waals surface area contributed by atoms with E-state index >= 15 is 0 Å². The molecule has 0 unspecified atom stereocenters. The third-order valence-corrected chi connectivity index (χ3v) is 6.84. The van der Waals surface area contributed by atoms with Gasteiger partial charge in [-0.1, -0.05) is 18.2 Å². The summed E-state index contributed by atoms with van der Waals surface area (Å²) in [5, 5.41) is 11.1. The van der Waals surface area contributed by atoms with Crippen LogP contribution < -0.4 is 5.32 Å². The summed E-state index contributed by atoms with van der Waals surface area (Å²) in [6.07, 6.45) is 12.1. The third-order valence-electron chi connectivity index (χ3n) is 6.84. The summed E-state index contributed by atoms with van der Waals surface area (Å²) >= 11 is 0. The summed E-state index contributed by atoms with van der Waals surface area (Å²) in [5.74, 6) is -0.224. The van der Waals surface area contributed by atoms with Crippen molar-refractivity contribution >= 4 is 16.8 Å². The maximum Gasteiger partial charge on any atom is 0.276 e. The van der Waals surface area contributed by atoms with Gasteiger partial charge >= 0.3 is 0 Å². The van der Waals surface area contributed by atoms with Gasteiger partial charge in [-0.15, -0.1) is 0 Å². The second-order valence-corrected chi connectivity index (χ2v) is 9.39. The van der Waals surface area contributed by atoms with Crippen molar-refractivity contribution in [1.29, 1.82) is 0 Å². The molecule has 8 heteroatoms. The van der Waals surface area contributed by atoms with Gasteiger partial charge in [-0.2, -0.15) is 5.10 Å². The number of rotatable bonds is 9. The number of allylic oxidation sites excluding steroid dienone is 2. The number of likely N-dealkylation sites (tertiary alicyclic amines) is 1. The van der Waals surface area contributed by atoms with Gasteiger partial charge in [-0.05, 0) is 68.3 Å². The number of ether oxygens (including phenoxy) is 1. The molecule has 2 saturated heterocycles. The molecule has 36 heavy (non-hydrogen) atoms. The van der Waals surface area contributed by atoms with Gasteiger partial charge in [-0.3, -0.25) is 19.8 Å². The number of pyridine rings is 1. The fraction of sp³-hybridized carbons (Fsp3) is 0.393. The number of morpholine rings is 1. The van der Waals surface area contributed by atoms with Crippen molar-refractivity contribution in [2.75, 3.05) is 45.9 Å². The molecule has 4 heterocycles. The highest BCUT2D eigenvalue weighted by atomic mass is 16.5. The van der Waals surface area contributed by atoms with Crippen LogP contribution in [-0.4, -0.2) is 76.8 Å². The van der Waals surface area contributed by atoms with Crippen molar-refractivity contribution in [1.82, 2.24) is 30.3 Å². The zero-order valence-corrected chi connectivity index (χ0v) is 20.9. The van der Waals surface area contributed by atoms with Crippen LogP contribution in [0.15, 0.2) is 60.6 Å². The lowest BCUT2D eigenvalue weighted by Crippen LogP contribution is -2.37. The number of benzene rings is 1. The summed E-state index contributed by atoms with van der Waals surface area (Å²) in [6, 6.07) is 8.19. The Bertz CT molecular complexity index is 1250. The maximum absolute atomic E-state index is 13.1. The molecule has 0 atom stereocenters. The fourth-order valence-corrected chi connectivity index (χ4v) is 4.59. The monoisotopic (exact) mass is 486 g/mol. The van der Waals surface area contributed by atoms with E-state index in [0.717, 1.165) is 73.5 Å². The lowest BCUT2D eigenvalue weighted by Gasteiger charge is -2.30. The average Bonchev–Trinajstić information content (AvgIpc) is 3.31. The zero-order chi connectivity index (χ0) is 24.7.